The summed E-state index contributed by atoms with van der Waals surface area (Å²) in [6.07, 6.45) is 1.48. The molecule has 3 rings (SSSR count). The van der Waals surface area contributed by atoms with E-state index in [2.05, 4.69) is 4.72 Å². The molecule has 152 valence electrons. The van der Waals surface area contributed by atoms with Gasteiger partial charge in [0.15, 0.2) is 0 Å². The third kappa shape index (κ3) is 4.93. The molecule has 3 aromatic rings. The fourth-order valence-corrected chi connectivity index (χ4v) is 4.00. The molecule has 0 saturated heterocycles. The van der Waals surface area contributed by atoms with Crippen molar-refractivity contribution in [3.05, 3.63) is 88.9 Å². The summed E-state index contributed by atoms with van der Waals surface area (Å²) in [5, 5.41) is 0. The van der Waals surface area contributed by atoms with E-state index >= 15 is 0 Å². The number of rotatable bonds is 7. The van der Waals surface area contributed by atoms with Gasteiger partial charge in [0.1, 0.15) is 5.76 Å². The zero-order valence-corrected chi connectivity index (χ0v) is 17.5. The summed E-state index contributed by atoms with van der Waals surface area (Å²) in [7, 11) is -2.07. The molecule has 0 aliphatic rings. The average molecular weight is 413 g/mol. The summed E-state index contributed by atoms with van der Waals surface area (Å²) >= 11 is 0. The van der Waals surface area contributed by atoms with E-state index in [1.165, 1.54) is 18.4 Å². The van der Waals surface area contributed by atoms with Gasteiger partial charge in [0, 0.05) is 19.2 Å². The lowest BCUT2D eigenvalue weighted by molar-refractivity contribution is 0.0784. The van der Waals surface area contributed by atoms with Crippen LogP contribution in [0, 0.1) is 13.8 Å². The second-order valence-electron chi connectivity index (χ2n) is 6.97. The topological polar surface area (TPSA) is 79.6 Å². The highest BCUT2D eigenvalue weighted by atomic mass is 32.2. The Morgan fingerprint density at radius 3 is 2.48 bits per heavy atom. The Bertz CT molecular complexity index is 1110. The molecule has 0 spiro atoms. The normalized spacial score (nSPS) is 11.4. The van der Waals surface area contributed by atoms with Gasteiger partial charge in [0.2, 0.25) is 10.0 Å². The molecule has 1 N–H and O–H groups in total. The number of hydrogen-bond acceptors (Lipinski definition) is 4. The number of nitrogens with one attached hydrogen (secondary N) is 1. The molecular formula is C22H24N2O4S. The van der Waals surface area contributed by atoms with Crippen LogP contribution in [0.4, 0.5) is 0 Å². The van der Waals surface area contributed by atoms with E-state index in [0.717, 1.165) is 16.7 Å². The molecule has 0 aliphatic heterocycles. The number of carbonyl (C=O) groups excluding carboxylic acids is 1. The van der Waals surface area contributed by atoms with E-state index < -0.39 is 10.0 Å². The first-order valence-corrected chi connectivity index (χ1v) is 10.7. The molecule has 1 aromatic heterocycles. The number of nitrogens with zero attached hydrogens (tertiary/aromatic N) is 1. The number of amides is 1. The van der Waals surface area contributed by atoms with E-state index in [9.17, 15) is 13.2 Å². The molecule has 0 atom stereocenters. The Morgan fingerprint density at radius 2 is 1.79 bits per heavy atom. The van der Waals surface area contributed by atoms with E-state index in [1.54, 1.807) is 37.1 Å². The number of hydrogen-bond donors (Lipinski definition) is 1. The molecule has 1 heterocycles. The van der Waals surface area contributed by atoms with Gasteiger partial charge in [-0.1, -0.05) is 30.3 Å². The Kier molecular flexibility index (Phi) is 6.20. The second-order valence-corrected chi connectivity index (χ2v) is 8.74. The first-order chi connectivity index (χ1) is 13.8. The van der Waals surface area contributed by atoms with Crippen LogP contribution in [0.3, 0.4) is 0 Å². The van der Waals surface area contributed by atoms with E-state index in [1.807, 2.05) is 31.2 Å². The lowest BCUT2D eigenvalue weighted by Crippen LogP contribution is -2.28. The molecule has 1 amide bonds. The molecule has 0 saturated carbocycles. The van der Waals surface area contributed by atoms with Gasteiger partial charge in [0.25, 0.3) is 5.91 Å². The molecule has 29 heavy (non-hydrogen) atoms. The molecule has 0 radical (unpaired) electrons. The molecular weight excluding hydrogens is 388 g/mol. The van der Waals surface area contributed by atoms with Crippen molar-refractivity contribution >= 4 is 15.9 Å². The number of benzene rings is 2. The van der Waals surface area contributed by atoms with Crippen molar-refractivity contribution in [3.8, 4) is 0 Å². The van der Waals surface area contributed by atoms with Gasteiger partial charge in [-0.05, 0) is 54.8 Å². The Balaban J connectivity index is 1.80. The monoisotopic (exact) mass is 412 g/mol. The Morgan fingerprint density at radius 1 is 1.03 bits per heavy atom. The molecule has 6 nitrogen and oxygen atoms in total. The van der Waals surface area contributed by atoms with Crippen molar-refractivity contribution in [2.75, 3.05) is 7.05 Å². The fraction of sp³-hybridized carbons (Fsp3) is 0.227. The van der Waals surface area contributed by atoms with Crippen molar-refractivity contribution in [2.45, 2.75) is 31.8 Å². The van der Waals surface area contributed by atoms with Crippen molar-refractivity contribution in [1.82, 2.24) is 9.62 Å². The molecule has 0 aliphatic carbocycles. The van der Waals surface area contributed by atoms with Crippen molar-refractivity contribution in [1.29, 1.82) is 0 Å². The lowest BCUT2D eigenvalue weighted by atomic mass is 10.1. The van der Waals surface area contributed by atoms with Crippen molar-refractivity contribution in [2.24, 2.45) is 0 Å². The molecule has 2 aromatic carbocycles. The first-order valence-electron chi connectivity index (χ1n) is 9.20. The number of furan rings is 1. The fourth-order valence-electron chi connectivity index (χ4n) is 2.98. The van der Waals surface area contributed by atoms with Gasteiger partial charge in [-0.3, -0.25) is 4.79 Å². The minimum Gasteiger partial charge on any atom is -0.468 e. The minimum atomic E-state index is -3.78. The first kappa shape index (κ1) is 20.8. The van der Waals surface area contributed by atoms with Crippen molar-refractivity contribution in [3.63, 3.8) is 0 Å². The Labute approximate surface area is 171 Å². The summed E-state index contributed by atoms with van der Waals surface area (Å²) in [5.74, 6) is 0.281. The molecule has 0 fully saturated rings. The van der Waals surface area contributed by atoms with Gasteiger partial charge in [0.05, 0.1) is 17.7 Å². The quantitative estimate of drug-likeness (QED) is 0.642. The van der Waals surface area contributed by atoms with E-state index in [4.69, 9.17) is 4.42 Å². The summed E-state index contributed by atoms with van der Waals surface area (Å²) < 4.78 is 32.9. The average Bonchev–Trinajstić information content (AvgIpc) is 3.21. The highest BCUT2D eigenvalue weighted by Gasteiger charge is 2.20. The minimum absolute atomic E-state index is 0.0413. The van der Waals surface area contributed by atoms with Crippen LogP contribution in [0.2, 0.25) is 0 Å². The summed E-state index contributed by atoms with van der Waals surface area (Å²) in [4.78, 5) is 14.6. The third-order valence-electron chi connectivity index (χ3n) is 4.78. The SMILES string of the molecule is Cc1ccccc1CN(C)C(=O)c1cc(S(=O)(=O)NCc2ccco2)ccc1C. The van der Waals surface area contributed by atoms with Gasteiger partial charge >= 0.3 is 0 Å². The van der Waals surface area contributed by atoms with Crippen LogP contribution in [-0.2, 0) is 23.1 Å². The summed E-state index contributed by atoms with van der Waals surface area (Å²) in [6, 6.07) is 15.8. The zero-order chi connectivity index (χ0) is 21.0. The highest BCUT2D eigenvalue weighted by Crippen LogP contribution is 2.19. The number of aryl methyl sites for hydroxylation is 2. The molecule has 7 heteroatoms. The maximum absolute atomic E-state index is 13.0. The van der Waals surface area contributed by atoms with Crippen LogP contribution in [0.25, 0.3) is 0 Å². The molecule has 0 bridgehead atoms. The maximum Gasteiger partial charge on any atom is 0.254 e. The van der Waals surface area contributed by atoms with Gasteiger partial charge in [-0.25, -0.2) is 13.1 Å². The zero-order valence-electron chi connectivity index (χ0n) is 16.7. The van der Waals surface area contributed by atoms with Crippen LogP contribution in [-0.4, -0.2) is 26.3 Å². The highest BCUT2D eigenvalue weighted by molar-refractivity contribution is 7.89. The lowest BCUT2D eigenvalue weighted by Gasteiger charge is -2.20. The van der Waals surface area contributed by atoms with Crippen LogP contribution < -0.4 is 4.72 Å². The van der Waals surface area contributed by atoms with Crippen LogP contribution >= 0.6 is 0 Å². The number of sulfonamides is 1. The van der Waals surface area contributed by atoms with Crippen LogP contribution in [0.5, 0.6) is 0 Å². The Hall–Kier alpha value is -2.90. The van der Waals surface area contributed by atoms with Gasteiger partial charge < -0.3 is 9.32 Å². The molecule has 0 unspecified atom stereocenters. The summed E-state index contributed by atoms with van der Waals surface area (Å²) in [6.45, 7) is 4.27. The largest absolute Gasteiger partial charge is 0.468 e. The van der Waals surface area contributed by atoms with Crippen molar-refractivity contribution < 1.29 is 17.6 Å². The van der Waals surface area contributed by atoms with Crippen LogP contribution in [0.1, 0.15) is 32.8 Å². The second kappa shape index (κ2) is 8.63. The van der Waals surface area contributed by atoms with Crippen LogP contribution in [0.15, 0.2) is 70.2 Å². The summed E-state index contributed by atoms with van der Waals surface area (Å²) in [5.41, 5.74) is 3.23. The van der Waals surface area contributed by atoms with Gasteiger partial charge in [-0.15, -0.1) is 0 Å². The van der Waals surface area contributed by atoms with E-state index in [-0.39, 0.29) is 17.3 Å². The maximum atomic E-state index is 13.0. The smallest absolute Gasteiger partial charge is 0.254 e. The predicted molar refractivity (Wildman–Crippen MR) is 111 cm³/mol. The van der Waals surface area contributed by atoms with Gasteiger partial charge in [-0.2, -0.15) is 0 Å². The third-order valence-corrected chi connectivity index (χ3v) is 6.18. The standard InChI is InChI=1S/C22H24N2O4S/c1-16-7-4-5-8-18(16)15-24(3)22(25)21-13-20(11-10-17(21)2)29(26,27)23-14-19-9-6-12-28-19/h4-13,23H,14-15H2,1-3H3. The number of carbonyl (C=O) groups is 1. The van der Waals surface area contributed by atoms with E-state index in [0.29, 0.717) is 17.9 Å². The predicted octanol–water partition coefficient (Wildman–Crippen LogP) is 3.65.